The lowest BCUT2D eigenvalue weighted by molar-refractivity contribution is -0.139. The van der Waals surface area contributed by atoms with E-state index in [1.807, 2.05) is 0 Å². The van der Waals surface area contributed by atoms with Gasteiger partial charge in [0.25, 0.3) is 0 Å². The Morgan fingerprint density at radius 1 is 1.31 bits per heavy atom. The van der Waals surface area contributed by atoms with E-state index >= 15 is 0 Å². The van der Waals surface area contributed by atoms with Crippen molar-refractivity contribution in [2.24, 2.45) is 0 Å². The zero-order valence-corrected chi connectivity index (χ0v) is 15.3. The van der Waals surface area contributed by atoms with E-state index in [-0.39, 0.29) is 12.6 Å². The molecule has 8 heteroatoms. The molecular weight excluding hydrogens is 358 g/mol. The lowest BCUT2D eigenvalue weighted by atomic mass is 9.95. The van der Waals surface area contributed by atoms with Gasteiger partial charge in [0.05, 0.1) is 31.4 Å². The van der Waals surface area contributed by atoms with Crippen molar-refractivity contribution in [3.63, 3.8) is 0 Å². The van der Waals surface area contributed by atoms with Crippen LogP contribution in [0.4, 0.5) is 4.79 Å². The van der Waals surface area contributed by atoms with Crippen molar-refractivity contribution in [3.8, 4) is 0 Å². The summed E-state index contributed by atoms with van der Waals surface area (Å²) in [6, 6.07) is 6.12. The highest BCUT2D eigenvalue weighted by Crippen LogP contribution is 2.29. The number of carbonyl (C=O) groups is 2. The number of morpholine rings is 1. The maximum Gasteiger partial charge on any atom is 0.338 e. The summed E-state index contributed by atoms with van der Waals surface area (Å²) in [4.78, 5) is 27.0. The smallest absolute Gasteiger partial charge is 0.338 e. The van der Waals surface area contributed by atoms with Crippen LogP contribution in [0.1, 0.15) is 18.5 Å². The molecule has 2 N–H and O–H groups in total. The average Bonchev–Trinajstić information content (AvgIpc) is 2.63. The molecular formula is C18H22ClN3O4. The number of carbonyl (C=O) groups excluding carboxylic acids is 2. The number of halogens is 1. The van der Waals surface area contributed by atoms with Crippen LogP contribution in [0, 0.1) is 0 Å². The predicted octanol–water partition coefficient (Wildman–Crippen LogP) is 1.84. The highest BCUT2D eigenvalue weighted by molar-refractivity contribution is 6.30. The van der Waals surface area contributed by atoms with Crippen LogP contribution >= 0.6 is 11.6 Å². The highest BCUT2D eigenvalue weighted by atomic mass is 35.5. The third kappa shape index (κ3) is 4.35. The fourth-order valence-electron chi connectivity index (χ4n) is 3.08. The summed E-state index contributed by atoms with van der Waals surface area (Å²) in [6.07, 6.45) is 0. The van der Waals surface area contributed by atoms with Crippen molar-refractivity contribution < 1.29 is 19.1 Å². The van der Waals surface area contributed by atoms with E-state index in [4.69, 9.17) is 21.1 Å². The van der Waals surface area contributed by atoms with Gasteiger partial charge in [-0.1, -0.05) is 23.7 Å². The van der Waals surface area contributed by atoms with Crippen LogP contribution < -0.4 is 10.6 Å². The molecule has 1 aromatic rings. The van der Waals surface area contributed by atoms with Gasteiger partial charge >= 0.3 is 12.0 Å². The molecule has 7 nitrogen and oxygen atoms in total. The molecule has 140 valence electrons. The zero-order chi connectivity index (χ0) is 18.5. The summed E-state index contributed by atoms with van der Waals surface area (Å²) in [5.74, 6) is -0.441. The van der Waals surface area contributed by atoms with Gasteiger partial charge in [-0.2, -0.15) is 0 Å². The van der Waals surface area contributed by atoms with Crippen molar-refractivity contribution >= 4 is 23.6 Å². The molecule has 26 heavy (non-hydrogen) atoms. The summed E-state index contributed by atoms with van der Waals surface area (Å²) in [7, 11) is 0. The Kier molecular flexibility index (Phi) is 6.13. The molecule has 0 aliphatic carbocycles. The van der Waals surface area contributed by atoms with Gasteiger partial charge in [-0.25, -0.2) is 9.59 Å². The second-order valence-electron chi connectivity index (χ2n) is 6.08. The minimum Gasteiger partial charge on any atom is -0.463 e. The second-order valence-corrected chi connectivity index (χ2v) is 6.52. The van der Waals surface area contributed by atoms with E-state index < -0.39 is 12.0 Å². The predicted molar refractivity (Wildman–Crippen MR) is 96.8 cm³/mol. The van der Waals surface area contributed by atoms with E-state index in [9.17, 15) is 9.59 Å². The first-order valence-electron chi connectivity index (χ1n) is 8.61. The van der Waals surface area contributed by atoms with Crippen molar-refractivity contribution in [2.45, 2.75) is 13.0 Å². The number of nitrogens with zero attached hydrogens (tertiary/aromatic N) is 1. The van der Waals surface area contributed by atoms with Crippen LogP contribution in [0.2, 0.25) is 5.02 Å². The number of ether oxygens (including phenoxy) is 2. The first-order valence-corrected chi connectivity index (χ1v) is 8.99. The molecule has 2 amide bonds. The number of amides is 2. The number of nitrogens with one attached hydrogen (secondary N) is 2. The number of esters is 1. The van der Waals surface area contributed by atoms with Gasteiger partial charge in [-0.05, 0) is 24.6 Å². The molecule has 1 saturated heterocycles. The largest absolute Gasteiger partial charge is 0.463 e. The number of urea groups is 1. The molecule has 2 aliphatic rings. The minimum atomic E-state index is -0.587. The monoisotopic (exact) mass is 379 g/mol. The maximum absolute atomic E-state index is 12.7. The average molecular weight is 380 g/mol. The summed E-state index contributed by atoms with van der Waals surface area (Å²) < 4.78 is 10.6. The number of rotatable bonds is 5. The van der Waals surface area contributed by atoms with Gasteiger partial charge < -0.3 is 20.1 Å². The molecule has 0 bridgehead atoms. The standard InChI is InChI=1S/C18H22ClN3O4/c1-2-26-17(23)15-14(11-22-7-9-25-10-8-22)20-18(24)21-16(15)12-3-5-13(19)6-4-12/h3-6,16H,2,7-11H2,1H3,(H2,20,21,24)/t16-/m1/s1. The quantitative estimate of drug-likeness (QED) is 0.763. The molecule has 1 fully saturated rings. The lowest BCUT2D eigenvalue weighted by Crippen LogP contribution is -2.49. The Bertz CT molecular complexity index is 699. The van der Waals surface area contributed by atoms with Crippen LogP contribution in [-0.4, -0.2) is 56.4 Å². The molecule has 2 heterocycles. The van der Waals surface area contributed by atoms with Gasteiger partial charge in [0.1, 0.15) is 0 Å². The Labute approximate surface area is 157 Å². The van der Waals surface area contributed by atoms with E-state index in [1.54, 1.807) is 31.2 Å². The first-order chi connectivity index (χ1) is 12.6. The molecule has 0 saturated carbocycles. The van der Waals surface area contributed by atoms with Gasteiger partial charge in [0, 0.05) is 30.4 Å². The van der Waals surface area contributed by atoms with Crippen molar-refractivity contribution in [2.75, 3.05) is 39.5 Å². The Morgan fingerprint density at radius 3 is 2.65 bits per heavy atom. The molecule has 1 aromatic carbocycles. The van der Waals surface area contributed by atoms with Crippen LogP contribution in [0.3, 0.4) is 0 Å². The number of hydrogen-bond acceptors (Lipinski definition) is 5. The van der Waals surface area contributed by atoms with Crippen LogP contribution in [0.15, 0.2) is 35.5 Å². The Morgan fingerprint density at radius 2 is 2.00 bits per heavy atom. The van der Waals surface area contributed by atoms with Crippen LogP contribution in [-0.2, 0) is 14.3 Å². The zero-order valence-electron chi connectivity index (χ0n) is 14.6. The fraction of sp³-hybridized carbons (Fsp3) is 0.444. The summed E-state index contributed by atoms with van der Waals surface area (Å²) in [5, 5.41) is 6.19. The minimum absolute atomic E-state index is 0.258. The lowest BCUT2D eigenvalue weighted by Gasteiger charge is -2.33. The maximum atomic E-state index is 12.7. The van der Waals surface area contributed by atoms with Gasteiger partial charge in [0.2, 0.25) is 0 Å². The Balaban J connectivity index is 1.96. The van der Waals surface area contributed by atoms with Gasteiger partial charge in [-0.15, -0.1) is 0 Å². The molecule has 0 unspecified atom stereocenters. The van der Waals surface area contributed by atoms with E-state index in [0.717, 1.165) is 18.7 Å². The molecule has 0 aromatic heterocycles. The summed E-state index contributed by atoms with van der Waals surface area (Å²) in [6.45, 7) is 5.22. The SMILES string of the molecule is CCOC(=O)C1=C(CN2CCOCC2)NC(=O)N[C@@H]1c1ccc(Cl)cc1. The number of benzene rings is 1. The van der Waals surface area contributed by atoms with Gasteiger partial charge in [-0.3, -0.25) is 4.90 Å². The first kappa shape index (κ1) is 18.7. The van der Waals surface area contributed by atoms with Crippen LogP contribution in [0.5, 0.6) is 0 Å². The van der Waals surface area contributed by atoms with E-state index in [0.29, 0.717) is 36.1 Å². The fourth-order valence-corrected chi connectivity index (χ4v) is 3.21. The normalized spacial score (nSPS) is 21.2. The van der Waals surface area contributed by atoms with Gasteiger partial charge in [0.15, 0.2) is 0 Å². The summed E-state index contributed by atoms with van der Waals surface area (Å²) >= 11 is 5.96. The molecule has 0 spiro atoms. The van der Waals surface area contributed by atoms with Crippen LogP contribution in [0.25, 0.3) is 0 Å². The van der Waals surface area contributed by atoms with Crippen molar-refractivity contribution in [3.05, 3.63) is 46.1 Å². The van der Waals surface area contributed by atoms with E-state index in [1.165, 1.54) is 0 Å². The molecule has 3 rings (SSSR count). The molecule has 2 aliphatic heterocycles. The second kappa shape index (κ2) is 8.53. The molecule has 0 radical (unpaired) electrons. The molecule has 1 atom stereocenters. The van der Waals surface area contributed by atoms with Crippen molar-refractivity contribution in [1.82, 2.24) is 15.5 Å². The Hall–Kier alpha value is -2.09. The topological polar surface area (TPSA) is 79.9 Å². The van der Waals surface area contributed by atoms with Crippen molar-refractivity contribution in [1.29, 1.82) is 0 Å². The summed E-state index contributed by atoms with van der Waals surface area (Å²) in [5.41, 5.74) is 1.75. The highest BCUT2D eigenvalue weighted by Gasteiger charge is 2.34. The third-order valence-corrected chi connectivity index (χ3v) is 4.59. The third-order valence-electron chi connectivity index (χ3n) is 4.34. The number of hydrogen-bond donors (Lipinski definition) is 2. The van der Waals surface area contributed by atoms with E-state index in [2.05, 4.69) is 15.5 Å².